The SMILES string of the molecule is O=C1/C(=C/c2ccc(-n3ccc4ccnnc43)[te]2)C(=O)c2cc3[se]ccc3cc21. The number of rotatable bonds is 2. The molecule has 0 unspecified atom stereocenters. The molecule has 5 aromatic rings. The number of hydrogen-bond donors (Lipinski definition) is 0. The average molecular weight is 556 g/mol. The fraction of sp³-hybridized carbons (Fsp3) is 0. The van der Waals surface area contributed by atoms with Crippen LogP contribution in [0, 0.1) is 0 Å². The van der Waals surface area contributed by atoms with E-state index in [4.69, 9.17) is 0 Å². The van der Waals surface area contributed by atoms with Gasteiger partial charge in [0.2, 0.25) is 0 Å². The maximum atomic E-state index is 12.9. The second kappa shape index (κ2) is 6.48. The molecule has 0 saturated carbocycles. The molecule has 6 rings (SSSR count). The number of nitrogens with zero attached hydrogens (tertiary/aromatic N) is 3. The minimum absolute atomic E-state index is 0.144. The molecule has 138 valence electrons. The molecule has 0 saturated heterocycles. The van der Waals surface area contributed by atoms with Gasteiger partial charge in [-0.1, -0.05) is 0 Å². The van der Waals surface area contributed by atoms with Crippen LogP contribution in [0.5, 0.6) is 0 Å². The van der Waals surface area contributed by atoms with Crippen LogP contribution in [0.2, 0.25) is 0 Å². The zero-order chi connectivity index (χ0) is 19.5. The summed E-state index contributed by atoms with van der Waals surface area (Å²) in [6.07, 6.45) is 5.49. The normalized spacial score (nSPS) is 15.1. The van der Waals surface area contributed by atoms with E-state index in [1.807, 2.05) is 42.6 Å². The number of hydrogen-bond acceptors (Lipinski definition) is 4. The van der Waals surface area contributed by atoms with Crippen molar-refractivity contribution in [1.82, 2.24) is 14.8 Å². The molecule has 0 N–H and O–H groups in total. The van der Waals surface area contributed by atoms with Crippen molar-refractivity contribution in [2.45, 2.75) is 0 Å². The summed E-state index contributed by atoms with van der Waals surface area (Å²) >= 11 is -0.485. The van der Waals surface area contributed by atoms with Crippen molar-refractivity contribution in [2.24, 2.45) is 0 Å². The summed E-state index contributed by atoms with van der Waals surface area (Å²) in [5, 5.41) is 10.3. The molecule has 1 aromatic carbocycles. The molecule has 0 radical (unpaired) electrons. The summed E-state index contributed by atoms with van der Waals surface area (Å²) in [6, 6.07) is 13.9. The molecule has 0 spiro atoms. The Morgan fingerprint density at radius 3 is 2.72 bits per heavy atom. The summed E-state index contributed by atoms with van der Waals surface area (Å²) < 4.78 is 5.47. The standard InChI is InChI=1S/C22H11N3O2SeTe/c26-20-15-9-13-5-8-28-18(13)11-16(15)21(27)17(20)10-14-1-2-19(29-14)25-7-4-12-3-6-23-24-22(12)25/h1-11H/b17-10-. The fourth-order valence-electron chi connectivity index (χ4n) is 3.66. The molecule has 1 aliphatic carbocycles. The Kier molecular flexibility index (Phi) is 3.87. The third kappa shape index (κ3) is 2.67. The second-order valence-corrected chi connectivity index (χ2v) is 11.9. The number of benzene rings is 1. The number of carbonyl (C=O) groups is 2. The van der Waals surface area contributed by atoms with E-state index in [0.717, 1.165) is 20.0 Å². The van der Waals surface area contributed by atoms with Gasteiger partial charge in [0.25, 0.3) is 0 Å². The maximum absolute atomic E-state index is 12.9. The Balaban J connectivity index is 1.41. The van der Waals surface area contributed by atoms with Crippen molar-refractivity contribution in [1.29, 1.82) is 0 Å². The number of Topliss-reactive ketones (excluding diaryl/α,β-unsaturated/α-hetero) is 2. The summed E-state index contributed by atoms with van der Waals surface area (Å²) in [5.41, 5.74) is 2.23. The minimum atomic E-state index is -0.737. The number of fused-ring (bicyclic) bond motifs is 3. The Hall–Kier alpha value is -2.55. The van der Waals surface area contributed by atoms with Crippen LogP contribution in [0.3, 0.4) is 0 Å². The summed E-state index contributed by atoms with van der Waals surface area (Å²) in [7, 11) is 0. The molecule has 29 heavy (non-hydrogen) atoms. The van der Waals surface area contributed by atoms with Crippen LogP contribution >= 0.6 is 0 Å². The third-order valence-corrected chi connectivity index (χ3v) is 9.86. The van der Waals surface area contributed by atoms with Crippen molar-refractivity contribution < 1.29 is 9.59 Å². The van der Waals surface area contributed by atoms with E-state index < -0.39 is 20.4 Å². The summed E-state index contributed by atoms with van der Waals surface area (Å²) in [6.45, 7) is 0. The molecule has 7 heteroatoms. The molecule has 0 bridgehead atoms. The van der Waals surface area contributed by atoms with Crippen LogP contribution in [0.1, 0.15) is 24.3 Å². The monoisotopic (exact) mass is 559 g/mol. The van der Waals surface area contributed by atoms with Gasteiger partial charge in [0, 0.05) is 0 Å². The van der Waals surface area contributed by atoms with Gasteiger partial charge in [0.1, 0.15) is 0 Å². The molecule has 5 nitrogen and oxygen atoms in total. The van der Waals surface area contributed by atoms with Gasteiger partial charge in [-0.3, -0.25) is 0 Å². The van der Waals surface area contributed by atoms with E-state index in [9.17, 15) is 9.59 Å². The molecule has 0 fully saturated rings. The van der Waals surface area contributed by atoms with Crippen LogP contribution in [0.25, 0.3) is 30.5 Å². The Morgan fingerprint density at radius 1 is 0.966 bits per heavy atom. The van der Waals surface area contributed by atoms with Gasteiger partial charge in [0.05, 0.1) is 0 Å². The van der Waals surface area contributed by atoms with Crippen LogP contribution in [0.4, 0.5) is 0 Å². The van der Waals surface area contributed by atoms with Gasteiger partial charge in [-0.15, -0.1) is 0 Å². The van der Waals surface area contributed by atoms with E-state index in [-0.39, 0.29) is 26.1 Å². The topological polar surface area (TPSA) is 64.8 Å². The van der Waals surface area contributed by atoms with E-state index >= 15 is 0 Å². The van der Waals surface area contributed by atoms with Gasteiger partial charge in [-0.25, -0.2) is 0 Å². The molecular weight excluding hydrogens is 545 g/mol. The van der Waals surface area contributed by atoms with Crippen molar-refractivity contribution >= 4 is 73.3 Å². The van der Waals surface area contributed by atoms with Crippen LogP contribution in [-0.4, -0.2) is 61.3 Å². The Bertz CT molecular complexity index is 1450. The molecule has 0 amide bonds. The molecule has 0 aliphatic heterocycles. The first-order valence-corrected chi connectivity index (χ1v) is 13.1. The predicted molar refractivity (Wildman–Crippen MR) is 113 cm³/mol. The first-order valence-electron chi connectivity index (χ1n) is 8.90. The number of aromatic nitrogens is 3. The van der Waals surface area contributed by atoms with Crippen molar-refractivity contribution in [3.05, 3.63) is 80.1 Å². The Morgan fingerprint density at radius 2 is 1.83 bits per heavy atom. The van der Waals surface area contributed by atoms with Gasteiger partial charge in [-0.2, -0.15) is 0 Å². The van der Waals surface area contributed by atoms with E-state index in [1.54, 1.807) is 12.3 Å². The van der Waals surface area contributed by atoms with Crippen LogP contribution < -0.4 is 0 Å². The number of allylic oxidation sites excluding steroid dienone is 1. The molecule has 1 aliphatic rings. The molecular formula is C22H11N3O2SeTe. The van der Waals surface area contributed by atoms with Crippen molar-refractivity contribution in [3.63, 3.8) is 0 Å². The first kappa shape index (κ1) is 17.3. The quantitative estimate of drug-likeness (QED) is 0.191. The number of carbonyl (C=O) groups excluding carboxylic acids is 2. The first-order chi connectivity index (χ1) is 14.2. The summed E-state index contributed by atoms with van der Waals surface area (Å²) in [5.74, 6) is -0.297. The second-order valence-electron chi connectivity index (χ2n) is 6.74. The third-order valence-electron chi connectivity index (χ3n) is 5.07. The zero-order valence-corrected chi connectivity index (χ0v) is 18.9. The van der Waals surface area contributed by atoms with E-state index in [1.165, 1.54) is 7.96 Å². The molecule has 0 atom stereocenters. The van der Waals surface area contributed by atoms with Gasteiger partial charge < -0.3 is 0 Å². The van der Waals surface area contributed by atoms with E-state index in [0.29, 0.717) is 16.7 Å². The zero-order valence-electron chi connectivity index (χ0n) is 14.8. The van der Waals surface area contributed by atoms with Crippen LogP contribution in [-0.2, 0) is 0 Å². The van der Waals surface area contributed by atoms with Gasteiger partial charge in [0.15, 0.2) is 0 Å². The molecule has 4 heterocycles. The predicted octanol–water partition coefficient (Wildman–Crippen LogP) is 3.15. The average Bonchev–Trinajstić information content (AvgIpc) is 3.50. The van der Waals surface area contributed by atoms with Crippen molar-refractivity contribution in [3.8, 4) is 3.70 Å². The fourth-order valence-corrected chi connectivity index (χ4v) is 8.03. The van der Waals surface area contributed by atoms with Crippen LogP contribution in [0.15, 0.2) is 65.4 Å². The van der Waals surface area contributed by atoms with Gasteiger partial charge in [-0.05, 0) is 0 Å². The Labute approximate surface area is 180 Å². The van der Waals surface area contributed by atoms with Crippen molar-refractivity contribution in [2.75, 3.05) is 0 Å². The van der Waals surface area contributed by atoms with E-state index in [2.05, 4.69) is 25.8 Å². The molecule has 4 aromatic heterocycles. The van der Waals surface area contributed by atoms with Gasteiger partial charge >= 0.3 is 181 Å². The summed E-state index contributed by atoms with van der Waals surface area (Å²) in [4.78, 5) is 28.0. The number of ketones is 2.